The molecule has 0 spiro atoms. The number of aromatic nitrogens is 4. The Hall–Kier alpha value is -1.89. The molecule has 19 heavy (non-hydrogen) atoms. The fourth-order valence-corrected chi connectivity index (χ4v) is 1.84. The second-order valence-electron chi connectivity index (χ2n) is 4.25. The molecule has 2 heterocycles. The van der Waals surface area contributed by atoms with Gasteiger partial charge in [0.05, 0.1) is 18.1 Å². The first-order valence-electron chi connectivity index (χ1n) is 5.84. The third-order valence-corrected chi connectivity index (χ3v) is 2.94. The Bertz CT molecular complexity index is 596. The van der Waals surface area contributed by atoms with Crippen molar-refractivity contribution >= 4 is 34.4 Å². The SMILES string of the molecule is CCN(CC(=O)N(C)C)c1nc(Cl)nc2[nH]ncc12. The zero-order valence-corrected chi connectivity index (χ0v) is 11.8. The van der Waals surface area contributed by atoms with Crippen molar-refractivity contribution in [3.8, 4) is 0 Å². The zero-order chi connectivity index (χ0) is 14.0. The van der Waals surface area contributed by atoms with Crippen molar-refractivity contribution in [2.45, 2.75) is 6.92 Å². The Kier molecular flexibility index (Phi) is 3.84. The topological polar surface area (TPSA) is 78.0 Å². The van der Waals surface area contributed by atoms with E-state index in [1.807, 2.05) is 11.8 Å². The minimum Gasteiger partial charge on any atom is -0.347 e. The van der Waals surface area contributed by atoms with Gasteiger partial charge in [-0.3, -0.25) is 9.89 Å². The summed E-state index contributed by atoms with van der Waals surface area (Å²) in [4.78, 5) is 23.5. The summed E-state index contributed by atoms with van der Waals surface area (Å²) in [7, 11) is 3.44. The molecule has 0 fully saturated rings. The summed E-state index contributed by atoms with van der Waals surface area (Å²) in [6, 6.07) is 0. The third-order valence-electron chi connectivity index (χ3n) is 2.77. The van der Waals surface area contributed by atoms with Gasteiger partial charge in [-0.2, -0.15) is 15.1 Å². The summed E-state index contributed by atoms with van der Waals surface area (Å²) in [5.74, 6) is 0.606. The van der Waals surface area contributed by atoms with Gasteiger partial charge < -0.3 is 9.80 Å². The Balaban J connectivity index is 2.40. The maximum Gasteiger partial charge on any atom is 0.241 e. The van der Waals surface area contributed by atoms with Crippen LogP contribution in [0.2, 0.25) is 5.28 Å². The van der Waals surface area contributed by atoms with E-state index in [4.69, 9.17) is 11.6 Å². The molecule has 7 nitrogen and oxygen atoms in total. The number of anilines is 1. The van der Waals surface area contributed by atoms with E-state index in [1.165, 1.54) is 4.90 Å². The summed E-state index contributed by atoms with van der Waals surface area (Å²) in [6.07, 6.45) is 1.63. The average molecular weight is 283 g/mol. The molecule has 0 unspecified atom stereocenters. The fraction of sp³-hybridized carbons (Fsp3) is 0.455. The number of amides is 1. The number of aromatic amines is 1. The van der Waals surface area contributed by atoms with E-state index >= 15 is 0 Å². The van der Waals surface area contributed by atoms with Crippen molar-refractivity contribution in [1.29, 1.82) is 0 Å². The molecular formula is C11H15ClN6O. The van der Waals surface area contributed by atoms with E-state index in [0.29, 0.717) is 18.0 Å². The van der Waals surface area contributed by atoms with E-state index in [-0.39, 0.29) is 17.7 Å². The van der Waals surface area contributed by atoms with Crippen molar-refractivity contribution in [2.75, 3.05) is 32.1 Å². The summed E-state index contributed by atoms with van der Waals surface area (Å²) >= 11 is 5.89. The number of nitrogens with zero attached hydrogens (tertiary/aromatic N) is 5. The first kappa shape index (κ1) is 13.5. The summed E-state index contributed by atoms with van der Waals surface area (Å²) < 4.78 is 0. The van der Waals surface area contributed by atoms with Crippen molar-refractivity contribution < 1.29 is 4.79 Å². The first-order chi connectivity index (χ1) is 9.02. The van der Waals surface area contributed by atoms with Gasteiger partial charge in [0.15, 0.2) is 5.65 Å². The molecule has 102 valence electrons. The molecule has 8 heteroatoms. The number of hydrogen-bond acceptors (Lipinski definition) is 5. The van der Waals surface area contributed by atoms with Gasteiger partial charge in [-0.05, 0) is 18.5 Å². The molecule has 2 rings (SSSR count). The maximum atomic E-state index is 11.8. The molecule has 0 bridgehead atoms. The van der Waals surface area contributed by atoms with Crippen LogP contribution < -0.4 is 4.90 Å². The largest absolute Gasteiger partial charge is 0.347 e. The third kappa shape index (κ3) is 2.76. The van der Waals surface area contributed by atoms with E-state index in [9.17, 15) is 4.79 Å². The van der Waals surface area contributed by atoms with Gasteiger partial charge in [0.1, 0.15) is 5.82 Å². The summed E-state index contributed by atoms with van der Waals surface area (Å²) in [6.45, 7) is 2.81. The highest BCUT2D eigenvalue weighted by atomic mass is 35.5. The lowest BCUT2D eigenvalue weighted by Crippen LogP contribution is -2.37. The number of halogens is 1. The lowest BCUT2D eigenvalue weighted by molar-refractivity contribution is -0.127. The van der Waals surface area contributed by atoms with Crippen molar-refractivity contribution in [3.05, 3.63) is 11.5 Å². The number of carbonyl (C=O) groups excluding carboxylic acids is 1. The number of fused-ring (bicyclic) bond motifs is 1. The highest BCUT2D eigenvalue weighted by molar-refractivity contribution is 6.28. The Morgan fingerprint density at radius 3 is 2.79 bits per heavy atom. The molecule has 0 saturated carbocycles. The van der Waals surface area contributed by atoms with Crippen LogP contribution in [0.1, 0.15) is 6.92 Å². The number of carbonyl (C=O) groups is 1. The van der Waals surface area contributed by atoms with E-state index in [1.54, 1.807) is 20.3 Å². The minimum atomic E-state index is -0.00627. The van der Waals surface area contributed by atoms with E-state index < -0.39 is 0 Å². The van der Waals surface area contributed by atoms with Crippen LogP contribution in [0.3, 0.4) is 0 Å². The van der Waals surface area contributed by atoms with Crippen molar-refractivity contribution in [2.24, 2.45) is 0 Å². The number of rotatable bonds is 4. The highest BCUT2D eigenvalue weighted by Crippen LogP contribution is 2.23. The van der Waals surface area contributed by atoms with Crippen LogP contribution in [0, 0.1) is 0 Å². The van der Waals surface area contributed by atoms with Gasteiger partial charge in [-0.25, -0.2) is 0 Å². The van der Waals surface area contributed by atoms with Crippen LogP contribution in [0.4, 0.5) is 5.82 Å². The molecule has 0 saturated heterocycles. The van der Waals surface area contributed by atoms with Crippen LogP contribution >= 0.6 is 11.6 Å². The molecule has 0 radical (unpaired) electrons. The van der Waals surface area contributed by atoms with Crippen LogP contribution in [-0.4, -0.2) is 58.2 Å². The van der Waals surface area contributed by atoms with Crippen LogP contribution in [0.15, 0.2) is 6.20 Å². The van der Waals surface area contributed by atoms with E-state index in [0.717, 1.165) is 5.39 Å². The Morgan fingerprint density at radius 2 is 2.16 bits per heavy atom. The number of hydrogen-bond donors (Lipinski definition) is 1. The average Bonchev–Trinajstić information content (AvgIpc) is 2.82. The van der Waals surface area contributed by atoms with Gasteiger partial charge in [0, 0.05) is 20.6 Å². The molecule has 1 N–H and O–H groups in total. The maximum absolute atomic E-state index is 11.8. The second-order valence-corrected chi connectivity index (χ2v) is 4.59. The molecule has 0 aliphatic heterocycles. The molecule has 0 aliphatic rings. The molecule has 1 amide bonds. The number of H-pyrrole nitrogens is 1. The Morgan fingerprint density at radius 1 is 1.42 bits per heavy atom. The summed E-state index contributed by atoms with van der Waals surface area (Å²) in [5.41, 5.74) is 0.561. The smallest absolute Gasteiger partial charge is 0.241 e. The van der Waals surface area contributed by atoms with Crippen LogP contribution in [-0.2, 0) is 4.79 Å². The fourth-order valence-electron chi connectivity index (χ4n) is 1.68. The van der Waals surface area contributed by atoms with Crippen LogP contribution in [0.25, 0.3) is 11.0 Å². The molecule has 0 aliphatic carbocycles. The quantitative estimate of drug-likeness (QED) is 0.844. The van der Waals surface area contributed by atoms with Gasteiger partial charge in [0.2, 0.25) is 11.2 Å². The lowest BCUT2D eigenvalue weighted by atomic mass is 10.3. The van der Waals surface area contributed by atoms with Gasteiger partial charge in [-0.15, -0.1) is 0 Å². The van der Waals surface area contributed by atoms with Gasteiger partial charge in [0.25, 0.3) is 0 Å². The zero-order valence-electron chi connectivity index (χ0n) is 11.0. The highest BCUT2D eigenvalue weighted by Gasteiger charge is 2.17. The monoisotopic (exact) mass is 282 g/mol. The second kappa shape index (κ2) is 5.40. The minimum absolute atomic E-state index is 0.00627. The van der Waals surface area contributed by atoms with Gasteiger partial charge in [-0.1, -0.05) is 0 Å². The Labute approximate surface area is 115 Å². The number of nitrogens with one attached hydrogen (secondary N) is 1. The van der Waals surface area contributed by atoms with Crippen molar-refractivity contribution in [1.82, 2.24) is 25.1 Å². The van der Waals surface area contributed by atoms with E-state index in [2.05, 4.69) is 20.2 Å². The lowest BCUT2D eigenvalue weighted by Gasteiger charge is -2.23. The molecule has 2 aromatic heterocycles. The standard InChI is InChI=1S/C11H15ClN6O/c1-4-18(6-8(19)17(2)3)10-7-5-13-16-9(7)14-11(12)15-10/h5H,4,6H2,1-3H3,(H,13,14,15,16). The first-order valence-corrected chi connectivity index (χ1v) is 6.22. The molecular weight excluding hydrogens is 268 g/mol. The molecule has 0 atom stereocenters. The normalized spacial score (nSPS) is 10.7. The molecule has 2 aromatic rings. The summed E-state index contributed by atoms with van der Waals surface area (Å²) in [5, 5.41) is 7.55. The van der Waals surface area contributed by atoms with Crippen molar-refractivity contribution in [3.63, 3.8) is 0 Å². The molecule has 0 aromatic carbocycles. The predicted molar refractivity (Wildman–Crippen MR) is 73.3 cm³/mol. The van der Waals surface area contributed by atoms with Gasteiger partial charge >= 0.3 is 0 Å². The van der Waals surface area contributed by atoms with Crippen LogP contribution in [0.5, 0.6) is 0 Å². The predicted octanol–water partition coefficient (Wildman–Crippen LogP) is 0.921. The number of likely N-dealkylation sites (N-methyl/N-ethyl adjacent to an activating group) is 2.